The quantitative estimate of drug-likeness (QED) is 0.196. The van der Waals surface area contributed by atoms with Gasteiger partial charge in [0, 0.05) is 0 Å². The van der Waals surface area contributed by atoms with Crippen LogP contribution in [-0.2, 0) is 22.6 Å². The summed E-state index contributed by atoms with van der Waals surface area (Å²) in [6.07, 6.45) is 3.56. The van der Waals surface area contributed by atoms with Crippen LogP contribution in [0.5, 0.6) is 5.75 Å². The molecule has 1 fully saturated rings. The van der Waals surface area contributed by atoms with Gasteiger partial charge in [0.2, 0.25) is 0 Å². The third-order valence-electron chi connectivity index (χ3n) is 5.55. The van der Waals surface area contributed by atoms with E-state index >= 15 is 0 Å². The number of anilines is 1. The second kappa shape index (κ2) is 11.0. The second-order valence-electron chi connectivity index (χ2n) is 8.06. The molecule has 7 nitrogen and oxygen atoms in total. The molecule has 37 heavy (non-hydrogen) atoms. The van der Waals surface area contributed by atoms with Crippen molar-refractivity contribution in [2.45, 2.75) is 13.0 Å². The Kier molecular flexibility index (Phi) is 7.55. The molecule has 186 valence electrons. The Morgan fingerprint density at radius 3 is 2.51 bits per heavy atom. The van der Waals surface area contributed by atoms with Crippen LogP contribution in [-0.4, -0.2) is 28.0 Å². The molecule has 1 heterocycles. The third kappa shape index (κ3) is 5.62. The highest BCUT2D eigenvalue weighted by atomic mass is 32.1. The summed E-state index contributed by atoms with van der Waals surface area (Å²) in [5, 5.41) is 11.3. The summed E-state index contributed by atoms with van der Waals surface area (Å²) >= 11 is 5.12. The molecular weight excluding hydrogens is 495 g/mol. The van der Waals surface area contributed by atoms with Gasteiger partial charge in [-0.25, -0.2) is 14.1 Å². The third-order valence-corrected chi connectivity index (χ3v) is 5.83. The first-order valence-electron chi connectivity index (χ1n) is 11.1. The normalized spacial score (nSPS) is 14.5. The van der Waals surface area contributed by atoms with Gasteiger partial charge < -0.3 is 9.84 Å². The lowest BCUT2D eigenvalue weighted by Crippen LogP contribution is -2.54. The number of ether oxygens (including phenoxy) is 1. The number of aromatic carboxylic acids is 1. The van der Waals surface area contributed by atoms with Crippen molar-refractivity contribution >= 4 is 46.9 Å². The van der Waals surface area contributed by atoms with Gasteiger partial charge in [0.15, 0.2) is 5.11 Å². The fraction of sp³-hybridized carbons (Fsp3) is 0.0714. The number of carboxylic acid groups (broad SMARTS) is 1. The maximum atomic E-state index is 14.4. The van der Waals surface area contributed by atoms with E-state index < -0.39 is 23.6 Å². The monoisotopic (exact) mass is 516 g/mol. The number of hydrogen-bond donors (Lipinski definition) is 2. The molecule has 0 aromatic heterocycles. The first-order valence-corrected chi connectivity index (χ1v) is 11.5. The van der Waals surface area contributed by atoms with Crippen molar-refractivity contribution in [3.63, 3.8) is 0 Å². The summed E-state index contributed by atoms with van der Waals surface area (Å²) in [6.45, 7) is 3.98. The fourth-order valence-electron chi connectivity index (χ4n) is 3.73. The number of para-hydroxylation sites is 1. The Morgan fingerprint density at radius 2 is 1.84 bits per heavy atom. The van der Waals surface area contributed by atoms with Gasteiger partial charge in [-0.05, 0) is 77.8 Å². The zero-order valence-electron chi connectivity index (χ0n) is 19.4. The van der Waals surface area contributed by atoms with E-state index in [1.165, 1.54) is 36.4 Å². The van der Waals surface area contributed by atoms with Gasteiger partial charge in [-0.1, -0.05) is 36.4 Å². The van der Waals surface area contributed by atoms with E-state index in [9.17, 15) is 18.8 Å². The number of thiocarbonyl (C=S) groups is 1. The van der Waals surface area contributed by atoms with Crippen LogP contribution in [0.25, 0.3) is 6.08 Å². The average Bonchev–Trinajstić information content (AvgIpc) is 2.87. The van der Waals surface area contributed by atoms with Crippen LogP contribution in [0.1, 0.15) is 27.0 Å². The van der Waals surface area contributed by atoms with Crippen LogP contribution in [0.4, 0.5) is 10.1 Å². The number of halogens is 1. The number of nitrogens with zero attached hydrogens (tertiary/aromatic N) is 1. The van der Waals surface area contributed by atoms with Gasteiger partial charge >= 0.3 is 5.97 Å². The zero-order valence-corrected chi connectivity index (χ0v) is 20.3. The first-order chi connectivity index (χ1) is 17.8. The summed E-state index contributed by atoms with van der Waals surface area (Å²) in [5.41, 5.74) is 2.02. The predicted octanol–water partition coefficient (Wildman–Crippen LogP) is 4.66. The van der Waals surface area contributed by atoms with Gasteiger partial charge in [-0.3, -0.25) is 14.9 Å². The minimum Gasteiger partial charge on any atom is -0.489 e. The Bertz CT molecular complexity index is 1450. The van der Waals surface area contributed by atoms with Gasteiger partial charge in [0.25, 0.3) is 11.8 Å². The SMILES string of the molecule is C=CCc1cc(/C=C2\C(=O)NC(=S)N(c3ccccc3F)C2=O)ccc1OCc1ccc(C(=O)O)cc1. The highest BCUT2D eigenvalue weighted by molar-refractivity contribution is 7.80. The molecule has 1 aliphatic rings. The van der Waals surface area contributed by atoms with Crippen LogP contribution in [0.15, 0.2) is 85.0 Å². The molecule has 2 N–H and O–H groups in total. The van der Waals surface area contributed by atoms with E-state index in [0.717, 1.165) is 16.0 Å². The number of carbonyl (C=O) groups excluding carboxylic acids is 2. The lowest BCUT2D eigenvalue weighted by Gasteiger charge is -2.29. The van der Waals surface area contributed by atoms with Gasteiger partial charge in [-0.15, -0.1) is 6.58 Å². The molecule has 0 bridgehead atoms. The number of carbonyl (C=O) groups is 3. The summed E-state index contributed by atoms with van der Waals surface area (Å²) < 4.78 is 20.3. The standard InChI is InChI=1S/C28H21FN2O5S/c1-2-5-20-14-18(10-13-24(20)36-16-17-8-11-19(12-9-17)27(34)35)15-21-25(32)30-28(37)31(26(21)33)23-7-4-3-6-22(23)29/h2-4,6-15H,1,5,16H2,(H,34,35)(H,30,32,37)/b21-15+. The van der Waals surface area contributed by atoms with Crippen molar-refractivity contribution in [3.05, 3.63) is 113 Å². The molecule has 0 saturated carbocycles. The number of nitrogens with one attached hydrogen (secondary N) is 1. The highest BCUT2D eigenvalue weighted by Crippen LogP contribution is 2.27. The Labute approximate surface area is 217 Å². The molecule has 3 aromatic carbocycles. The molecule has 0 unspecified atom stereocenters. The van der Waals surface area contributed by atoms with Crippen molar-refractivity contribution in [2.75, 3.05) is 4.90 Å². The predicted molar refractivity (Wildman–Crippen MR) is 141 cm³/mol. The first kappa shape index (κ1) is 25.5. The van der Waals surface area contributed by atoms with Crippen molar-refractivity contribution in [2.24, 2.45) is 0 Å². The van der Waals surface area contributed by atoms with E-state index in [0.29, 0.717) is 17.7 Å². The van der Waals surface area contributed by atoms with E-state index in [2.05, 4.69) is 11.9 Å². The van der Waals surface area contributed by atoms with Crippen LogP contribution in [0.2, 0.25) is 0 Å². The molecule has 9 heteroatoms. The summed E-state index contributed by atoms with van der Waals surface area (Å²) in [7, 11) is 0. The Balaban J connectivity index is 1.59. The molecule has 0 atom stereocenters. The number of allylic oxidation sites excluding steroid dienone is 1. The van der Waals surface area contributed by atoms with Crippen molar-refractivity contribution in [3.8, 4) is 5.75 Å². The number of benzene rings is 3. The van der Waals surface area contributed by atoms with E-state index in [1.54, 1.807) is 42.5 Å². The van der Waals surface area contributed by atoms with Gasteiger partial charge in [-0.2, -0.15) is 0 Å². The smallest absolute Gasteiger partial charge is 0.335 e. The molecule has 0 spiro atoms. The topological polar surface area (TPSA) is 95.9 Å². The van der Waals surface area contributed by atoms with Gasteiger partial charge in [0.1, 0.15) is 23.7 Å². The maximum absolute atomic E-state index is 14.4. The molecule has 0 radical (unpaired) electrons. The Morgan fingerprint density at radius 1 is 1.11 bits per heavy atom. The molecule has 1 saturated heterocycles. The molecular formula is C28H21FN2O5S. The summed E-state index contributed by atoms with van der Waals surface area (Å²) in [5.74, 6) is -2.51. The molecule has 4 rings (SSSR count). The number of rotatable bonds is 8. The van der Waals surface area contributed by atoms with E-state index in [4.69, 9.17) is 22.1 Å². The van der Waals surface area contributed by atoms with Crippen LogP contribution < -0.4 is 15.0 Å². The van der Waals surface area contributed by atoms with Crippen LogP contribution in [0.3, 0.4) is 0 Å². The van der Waals surface area contributed by atoms with Crippen molar-refractivity contribution in [1.82, 2.24) is 5.32 Å². The summed E-state index contributed by atoms with van der Waals surface area (Å²) in [4.78, 5) is 37.8. The number of hydrogen-bond acceptors (Lipinski definition) is 5. The highest BCUT2D eigenvalue weighted by Gasteiger charge is 2.35. The summed E-state index contributed by atoms with van der Waals surface area (Å²) in [6, 6.07) is 17.2. The fourth-order valence-corrected chi connectivity index (χ4v) is 4.00. The molecule has 3 aromatic rings. The maximum Gasteiger partial charge on any atom is 0.335 e. The van der Waals surface area contributed by atoms with Crippen molar-refractivity contribution in [1.29, 1.82) is 0 Å². The molecule has 0 aliphatic carbocycles. The van der Waals surface area contributed by atoms with E-state index in [1.807, 2.05) is 0 Å². The Hall–Kier alpha value is -4.63. The number of carboxylic acids is 1. The molecule has 1 aliphatic heterocycles. The lowest BCUT2D eigenvalue weighted by molar-refractivity contribution is -0.122. The molecule has 2 amide bonds. The minimum absolute atomic E-state index is 0.0594. The van der Waals surface area contributed by atoms with Crippen molar-refractivity contribution < 1.29 is 28.6 Å². The van der Waals surface area contributed by atoms with Crippen LogP contribution in [0, 0.1) is 5.82 Å². The minimum atomic E-state index is -1.01. The second-order valence-corrected chi connectivity index (χ2v) is 8.45. The van der Waals surface area contributed by atoms with Crippen LogP contribution >= 0.6 is 12.2 Å². The largest absolute Gasteiger partial charge is 0.489 e. The average molecular weight is 517 g/mol. The lowest BCUT2D eigenvalue weighted by atomic mass is 10.0. The van der Waals surface area contributed by atoms with E-state index in [-0.39, 0.29) is 28.5 Å². The van der Waals surface area contributed by atoms with Gasteiger partial charge in [0.05, 0.1) is 11.3 Å². The number of amides is 2. The zero-order chi connectivity index (χ0) is 26.5.